The first kappa shape index (κ1) is 20.6. The average Bonchev–Trinajstić information content (AvgIpc) is 3.04. The van der Waals surface area contributed by atoms with E-state index < -0.39 is 0 Å². The Balaban J connectivity index is 0.000000188. The van der Waals surface area contributed by atoms with Gasteiger partial charge in [-0.25, -0.2) is 9.97 Å². The third-order valence-electron chi connectivity index (χ3n) is 4.73. The second-order valence-electron chi connectivity index (χ2n) is 6.80. The van der Waals surface area contributed by atoms with Crippen molar-refractivity contribution in [3.05, 3.63) is 75.0 Å². The van der Waals surface area contributed by atoms with Crippen molar-refractivity contribution in [1.82, 2.24) is 9.97 Å². The van der Waals surface area contributed by atoms with Crippen LogP contribution < -0.4 is 5.73 Å². The predicted molar refractivity (Wildman–Crippen MR) is 116 cm³/mol. The zero-order chi connectivity index (χ0) is 20.3. The van der Waals surface area contributed by atoms with Crippen LogP contribution in [-0.2, 0) is 19.3 Å². The van der Waals surface area contributed by atoms with E-state index in [-0.39, 0.29) is 6.10 Å². The first-order valence-corrected chi connectivity index (χ1v) is 9.97. The lowest BCUT2D eigenvalue weighted by Gasteiger charge is -2.11. The van der Waals surface area contributed by atoms with Gasteiger partial charge in [0.05, 0.1) is 28.2 Å². The summed E-state index contributed by atoms with van der Waals surface area (Å²) >= 11 is 12.1. The lowest BCUT2D eigenvalue weighted by atomic mass is 10.1. The van der Waals surface area contributed by atoms with Crippen molar-refractivity contribution >= 4 is 29.0 Å². The number of fused-ring (bicyclic) bond motifs is 1. The van der Waals surface area contributed by atoms with Crippen molar-refractivity contribution in [2.24, 2.45) is 0 Å². The van der Waals surface area contributed by atoms with Crippen LogP contribution in [0.25, 0.3) is 11.3 Å². The number of halogens is 2. The van der Waals surface area contributed by atoms with Gasteiger partial charge in [0, 0.05) is 10.6 Å². The Hall–Kier alpha value is -2.14. The van der Waals surface area contributed by atoms with Gasteiger partial charge < -0.3 is 10.8 Å². The minimum absolute atomic E-state index is 0.127. The van der Waals surface area contributed by atoms with E-state index >= 15 is 0 Å². The average molecular weight is 416 g/mol. The molecule has 0 unspecified atom stereocenters. The molecule has 1 heterocycles. The number of aromatic nitrogens is 2. The molecule has 3 aromatic rings. The van der Waals surface area contributed by atoms with Crippen LogP contribution in [-0.4, -0.2) is 21.2 Å². The molecule has 0 saturated heterocycles. The topological polar surface area (TPSA) is 72.0 Å². The number of nitrogens with zero attached hydrogens (tertiary/aromatic N) is 2. The summed E-state index contributed by atoms with van der Waals surface area (Å²) in [6.45, 7) is 3.83. The fraction of sp³-hybridized carbons (Fsp3) is 0.273. The molecule has 0 saturated carbocycles. The van der Waals surface area contributed by atoms with Gasteiger partial charge in [-0.1, -0.05) is 54.4 Å². The molecule has 0 atom stereocenters. The van der Waals surface area contributed by atoms with Crippen LogP contribution in [0.5, 0.6) is 0 Å². The monoisotopic (exact) mass is 415 g/mol. The molecule has 0 bridgehead atoms. The summed E-state index contributed by atoms with van der Waals surface area (Å²) in [4.78, 5) is 8.84. The van der Waals surface area contributed by atoms with Crippen molar-refractivity contribution < 1.29 is 5.11 Å². The number of nitrogen functional groups attached to an aromatic ring is 1. The number of nitrogens with two attached hydrogens (primary N) is 1. The highest BCUT2D eigenvalue weighted by atomic mass is 35.5. The molecule has 146 valence electrons. The summed E-state index contributed by atoms with van der Waals surface area (Å²) in [6, 6.07) is 13.6. The highest BCUT2D eigenvalue weighted by Gasteiger charge is 2.17. The van der Waals surface area contributed by atoms with Crippen LogP contribution in [0.4, 0.5) is 5.82 Å². The van der Waals surface area contributed by atoms with Crippen LogP contribution in [0.3, 0.4) is 0 Å². The Labute approximate surface area is 175 Å². The van der Waals surface area contributed by atoms with Crippen molar-refractivity contribution in [1.29, 1.82) is 0 Å². The zero-order valence-corrected chi connectivity index (χ0v) is 17.4. The van der Waals surface area contributed by atoms with Gasteiger partial charge in [-0.15, -0.1) is 0 Å². The van der Waals surface area contributed by atoms with E-state index in [4.69, 9.17) is 28.9 Å². The van der Waals surface area contributed by atoms with Crippen molar-refractivity contribution in [3.8, 4) is 11.3 Å². The number of aryl methyl sites for hydroxylation is 2. The van der Waals surface area contributed by atoms with E-state index in [0.717, 1.165) is 36.2 Å². The lowest BCUT2D eigenvalue weighted by molar-refractivity contribution is 0.187. The second kappa shape index (κ2) is 8.91. The molecule has 4 nitrogen and oxygen atoms in total. The van der Waals surface area contributed by atoms with E-state index in [1.165, 1.54) is 11.1 Å². The molecule has 6 heteroatoms. The summed E-state index contributed by atoms with van der Waals surface area (Å²) in [5.41, 5.74) is 11.5. The summed E-state index contributed by atoms with van der Waals surface area (Å²) < 4.78 is 0. The molecule has 4 rings (SSSR count). The number of hydrogen-bond donors (Lipinski definition) is 2. The fourth-order valence-electron chi connectivity index (χ4n) is 3.25. The molecule has 0 fully saturated rings. The van der Waals surface area contributed by atoms with E-state index in [1.807, 2.05) is 32.0 Å². The normalized spacial score (nSPS) is 13.0. The summed E-state index contributed by atoms with van der Waals surface area (Å²) in [5, 5.41) is 10.4. The minimum atomic E-state index is -0.127. The van der Waals surface area contributed by atoms with Gasteiger partial charge in [-0.05, 0) is 55.5 Å². The molecule has 1 aliphatic rings. The Morgan fingerprint density at radius 3 is 2.29 bits per heavy atom. The summed E-state index contributed by atoms with van der Waals surface area (Å²) in [6.07, 6.45) is 2.30. The van der Waals surface area contributed by atoms with Gasteiger partial charge in [-0.3, -0.25) is 0 Å². The quantitative estimate of drug-likeness (QED) is 0.613. The van der Waals surface area contributed by atoms with E-state index in [9.17, 15) is 5.11 Å². The molecule has 28 heavy (non-hydrogen) atoms. The maximum Gasteiger partial charge on any atom is 0.145 e. The van der Waals surface area contributed by atoms with E-state index in [0.29, 0.717) is 21.6 Å². The van der Waals surface area contributed by atoms with Crippen LogP contribution in [0.2, 0.25) is 10.0 Å². The minimum Gasteiger partial charge on any atom is -0.392 e. The van der Waals surface area contributed by atoms with Gasteiger partial charge >= 0.3 is 0 Å². The lowest BCUT2D eigenvalue weighted by Crippen LogP contribution is -2.04. The molecular formula is C22H23Cl2N3O. The number of aliphatic hydroxyl groups excluding tert-OH is 1. The molecule has 0 aliphatic heterocycles. The van der Waals surface area contributed by atoms with Crippen molar-refractivity contribution in [2.45, 2.75) is 39.2 Å². The fourth-order valence-corrected chi connectivity index (χ4v) is 3.75. The third kappa shape index (κ3) is 4.64. The number of hydrogen-bond acceptors (Lipinski definition) is 4. The van der Waals surface area contributed by atoms with Gasteiger partial charge in [0.25, 0.3) is 0 Å². The molecule has 0 spiro atoms. The maximum absolute atomic E-state index is 9.25. The van der Waals surface area contributed by atoms with Gasteiger partial charge in [0.15, 0.2) is 0 Å². The van der Waals surface area contributed by atoms with Gasteiger partial charge in [0.1, 0.15) is 5.82 Å². The van der Waals surface area contributed by atoms with Crippen molar-refractivity contribution in [2.75, 3.05) is 5.73 Å². The molecule has 0 radical (unpaired) electrons. The summed E-state index contributed by atoms with van der Waals surface area (Å²) in [5.74, 6) is 0.459. The Bertz CT molecular complexity index is 967. The van der Waals surface area contributed by atoms with E-state index in [1.54, 1.807) is 12.1 Å². The summed E-state index contributed by atoms with van der Waals surface area (Å²) in [7, 11) is 0. The van der Waals surface area contributed by atoms with E-state index in [2.05, 4.69) is 22.1 Å². The second-order valence-corrected chi connectivity index (χ2v) is 7.64. The number of aliphatic hydroxyl groups is 1. The number of benzene rings is 2. The molecule has 2 aromatic carbocycles. The largest absolute Gasteiger partial charge is 0.392 e. The molecular weight excluding hydrogens is 393 g/mol. The first-order chi connectivity index (χ1) is 13.4. The zero-order valence-electron chi connectivity index (χ0n) is 15.9. The molecule has 3 N–H and O–H groups in total. The Morgan fingerprint density at radius 1 is 1.07 bits per heavy atom. The van der Waals surface area contributed by atoms with Gasteiger partial charge in [-0.2, -0.15) is 0 Å². The molecule has 1 aromatic heterocycles. The highest BCUT2D eigenvalue weighted by molar-refractivity contribution is 6.36. The standard InChI is InChI=1S/C13H13Cl2N3.C9H10O/c1-3-11-12(17-7(2)13(16)18-11)9-5-4-8(14)6-10(9)15;10-9-5-7-3-1-2-4-8(7)6-9/h4-6H,3H2,1-2H3,(H2,16,18);1-4,9-10H,5-6H2. The molecule has 0 amide bonds. The first-order valence-electron chi connectivity index (χ1n) is 9.22. The highest BCUT2D eigenvalue weighted by Crippen LogP contribution is 2.31. The Kier molecular flexibility index (Phi) is 6.55. The Morgan fingerprint density at radius 2 is 1.71 bits per heavy atom. The van der Waals surface area contributed by atoms with Crippen molar-refractivity contribution in [3.63, 3.8) is 0 Å². The van der Waals surface area contributed by atoms with Crippen LogP contribution in [0.15, 0.2) is 42.5 Å². The maximum atomic E-state index is 9.25. The van der Waals surface area contributed by atoms with Gasteiger partial charge in [0.2, 0.25) is 0 Å². The third-order valence-corrected chi connectivity index (χ3v) is 5.28. The number of rotatable bonds is 2. The molecule has 1 aliphatic carbocycles. The number of anilines is 1. The van der Waals surface area contributed by atoms with Crippen LogP contribution >= 0.6 is 23.2 Å². The smallest absolute Gasteiger partial charge is 0.145 e. The van der Waals surface area contributed by atoms with Crippen LogP contribution in [0, 0.1) is 6.92 Å². The SMILES string of the molecule is CCc1nc(N)c(C)nc1-c1ccc(Cl)cc1Cl.OC1Cc2ccccc2C1. The van der Waals surface area contributed by atoms with Crippen LogP contribution in [0.1, 0.15) is 29.4 Å². The predicted octanol–water partition coefficient (Wildman–Crippen LogP) is 5.05.